The molecule has 1 heterocycles. The molecule has 5 nitrogen and oxygen atoms in total. The lowest BCUT2D eigenvalue weighted by atomic mass is 10.2. The van der Waals surface area contributed by atoms with Crippen molar-refractivity contribution in [1.29, 1.82) is 0 Å². The van der Waals surface area contributed by atoms with Crippen LogP contribution in [0.3, 0.4) is 0 Å². The van der Waals surface area contributed by atoms with Gasteiger partial charge in [0.05, 0.1) is 16.8 Å². The Morgan fingerprint density at radius 3 is 2.28 bits per heavy atom. The summed E-state index contributed by atoms with van der Waals surface area (Å²) in [5.41, 5.74) is 0. The molecule has 0 saturated carbocycles. The summed E-state index contributed by atoms with van der Waals surface area (Å²) in [6, 6.07) is 0. The Kier molecular flexibility index (Phi) is 6.08. The van der Waals surface area contributed by atoms with Crippen molar-refractivity contribution < 1.29 is 16.8 Å². The lowest BCUT2D eigenvalue weighted by Gasteiger charge is -2.28. The van der Waals surface area contributed by atoms with Gasteiger partial charge in [-0.1, -0.05) is 22.9 Å². The maximum absolute atomic E-state index is 12.3. The highest BCUT2D eigenvalue weighted by atomic mass is 79.9. The molecule has 0 amide bonds. The first-order valence-corrected chi connectivity index (χ1v) is 10.5. The van der Waals surface area contributed by atoms with E-state index in [0.717, 1.165) is 11.8 Å². The molecule has 0 aromatic rings. The molecule has 1 fully saturated rings. The maximum Gasteiger partial charge on any atom is 0.217 e. The number of hydrogen-bond donors (Lipinski definition) is 0. The van der Waals surface area contributed by atoms with Gasteiger partial charge >= 0.3 is 0 Å². The molecule has 18 heavy (non-hydrogen) atoms. The highest BCUT2D eigenvalue weighted by Crippen LogP contribution is 2.22. The zero-order chi connectivity index (χ0) is 13.8. The zero-order valence-corrected chi connectivity index (χ0v) is 13.7. The lowest BCUT2D eigenvalue weighted by molar-refractivity contribution is 0.415. The molecule has 1 aliphatic rings. The van der Waals surface area contributed by atoms with E-state index in [0.29, 0.717) is 13.1 Å². The van der Waals surface area contributed by atoms with Crippen LogP contribution < -0.4 is 0 Å². The Hall–Kier alpha value is 0.340. The van der Waals surface area contributed by atoms with Crippen LogP contribution in [-0.2, 0) is 19.9 Å². The van der Waals surface area contributed by atoms with Crippen LogP contribution in [-0.4, -0.2) is 56.3 Å². The first kappa shape index (κ1) is 16.4. The van der Waals surface area contributed by atoms with Crippen molar-refractivity contribution in [3.8, 4) is 0 Å². The van der Waals surface area contributed by atoms with E-state index in [-0.39, 0.29) is 24.3 Å². The van der Waals surface area contributed by atoms with Gasteiger partial charge in [-0.15, -0.1) is 0 Å². The molecular formula is C10H20BrNO4S2. The molecule has 0 unspecified atom stereocenters. The molecule has 0 atom stereocenters. The minimum absolute atomic E-state index is 0.00705. The number of hydrogen-bond acceptors (Lipinski definition) is 4. The molecular weight excluding hydrogens is 342 g/mol. The largest absolute Gasteiger partial charge is 0.229 e. The fourth-order valence-corrected chi connectivity index (χ4v) is 6.12. The lowest BCUT2D eigenvalue weighted by Crippen LogP contribution is -2.43. The summed E-state index contributed by atoms with van der Waals surface area (Å²) in [5.74, 6) is -0.0141. The van der Waals surface area contributed by atoms with Crippen LogP contribution in [0.1, 0.15) is 26.2 Å². The van der Waals surface area contributed by atoms with Crippen molar-refractivity contribution in [2.75, 3.05) is 29.9 Å². The van der Waals surface area contributed by atoms with E-state index in [9.17, 15) is 16.8 Å². The number of sulfone groups is 1. The fourth-order valence-electron chi connectivity index (χ4n) is 2.08. The fraction of sp³-hybridized carbons (Fsp3) is 1.00. The summed E-state index contributed by atoms with van der Waals surface area (Å²) >= 11 is 3.28. The highest BCUT2D eigenvalue weighted by Gasteiger charge is 2.35. The van der Waals surface area contributed by atoms with Crippen molar-refractivity contribution in [3.63, 3.8) is 0 Å². The Labute approximate surface area is 118 Å². The molecule has 0 radical (unpaired) electrons. The molecule has 0 aromatic heterocycles. The van der Waals surface area contributed by atoms with E-state index in [2.05, 4.69) is 15.9 Å². The number of rotatable bonds is 6. The molecule has 1 aliphatic heterocycles. The number of halogens is 1. The van der Waals surface area contributed by atoms with Crippen molar-refractivity contribution in [3.05, 3.63) is 0 Å². The average molecular weight is 362 g/mol. The van der Waals surface area contributed by atoms with Crippen LogP contribution in [0.5, 0.6) is 0 Å². The smallest absolute Gasteiger partial charge is 0.217 e. The van der Waals surface area contributed by atoms with Crippen molar-refractivity contribution in [2.45, 2.75) is 31.4 Å². The predicted octanol–water partition coefficient (Wildman–Crippen LogP) is 1.00. The van der Waals surface area contributed by atoms with Gasteiger partial charge in [0.2, 0.25) is 10.0 Å². The molecule has 0 N–H and O–H groups in total. The van der Waals surface area contributed by atoms with Gasteiger partial charge in [0.1, 0.15) is 9.84 Å². The Morgan fingerprint density at radius 2 is 1.83 bits per heavy atom. The quantitative estimate of drug-likeness (QED) is 0.661. The van der Waals surface area contributed by atoms with Gasteiger partial charge in [-0.25, -0.2) is 21.1 Å². The Bertz CT molecular complexity index is 446. The van der Waals surface area contributed by atoms with Gasteiger partial charge < -0.3 is 0 Å². The first-order chi connectivity index (χ1) is 8.33. The third-order valence-electron chi connectivity index (χ3n) is 3.18. The molecule has 0 bridgehead atoms. The highest BCUT2D eigenvalue weighted by molar-refractivity contribution is 9.09. The molecule has 0 spiro atoms. The molecule has 8 heteroatoms. The third kappa shape index (κ3) is 4.18. The molecule has 1 saturated heterocycles. The summed E-state index contributed by atoms with van der Waals surface area (Å²) in [7, 11) is -6.36. The van der Waals surface area contributed by atoms with Gasteiger partial charge in [0.15, 0.2) is 0 Å². The van der Waals surface area contributed by atoms with Crippen LogP contribution in [0, 0.1) is 0 Å². The van der Waals surface area contributed by atoms with Gasteiger partial charge in [0.25, 0.3) is 0 Å². The topological polar surface area (TPSA) is 71.5 Å². The minimum atomic E-state index is -3.35. The molecule has 0 aromatic carbocycles. The van der Waals surface area contributed by atoms with E-state index in [1.54, 1.807) is 0 Å². The third-order valence-corrected chi connectivity index (χ3v) is 7.93. The second-order valence-electron chi connectivity index (χ2n) is 4.43. The monoisotopic (exact) mass is 361 g/mol. The SMILES string of the molecule is CCN(CCCBr)S(=O)(=O)C1CCS(=O)(=O)CC1. The average Bonchev–Trinajstić information content (AvgIpc) is 2.29. The second kappa shape index (κ2) is 6.67. The van der Waals surface area contributed by atoms with E-state index < -0.39 is 25.1 Å². The molecule has 0 aliphatic carbocycles. The van der Waals surface area contributed by atoms with Crippen LogP contribution in [0.2, 0.25) is 0 Å². The summed E-state index contributed by atoms with van der Waals surface area (Å²) in [4.78, 5) is 0. The second-order valence-corrected chi connectivity index (χ2v) is 9.74. The summed E-state index contributed by atoms with van der Waals surface area (Å²) in [6.07, 6.45) is 1.23. The van der Waals surface area contributed by atoms with Crippen molar-refractivity contribution >= 4 is 35.8 Å². The Balaban J connectivity index is 2.73. The van der Waals surface area contributed by atoms with E-state index in [1.165, 1.54) is 4.31 Å². The number of alkyl halides is 1. The summed E-state index contributed by atoms with van der Waals surface area (Å²) < 4.78 is 48.8. The van der Waals surface area contributed by atoms with Gasteiger partial charge in [-0.3, -0.25) is 0 Å². The minimum Gasteiger partial charge on any atom is -0.229 e. The van der Waals surface area contributed by atoms with E-state index in [1.807, 2.05) is 6.92 Å². The standard InChI is InChI=1S/C10H20BrNO4S2/c1-2-12(7-3-6-11)18(15,16)10-4-8-17(13,14)9-5-10/h10H,2-9H2,1H3. The van der Waals surface area contributed by atoms with Crippen LogP contribution in [0.15, 0.2) is 0 Å². The van der Waals surface area contributed by atoms with Gasteiger partial charge in [-0.2, -0.15) is 0 Å². The van der Waals surface area contributed by atoms with Crippen LogP contribution >= 0.6 is 15.9 Å². The van der Waals surface area contributed by atoms with E-state index in [4.69, 9.17) is 0 Å². The van der Waals surface area contributed by atoms with Gasteiger partial charge in [0, 0.05) is 18.4 Å². The zero-order valence-electron chi connectivity index (χ0n) is 10.5. The van der Waals surface area contributed by atoms with Gasteiger partial charge in [-0.05, 0) is 19.3 Å². The number of nitrogens with zero attached hydrogens (tertiary/aromatic N) is 1. The van der Waals surface area contributed by atoms with Crippen LogP contribution in [0.25, 0.3) is 0 Å². The maximum atomic E-state index is 12.3. The van der Waals surface area contributed by atoms with Crippen LogP contribution in [0.4, 0.5) is 0 Å². The van der Waals surface area contributed by atoms with Crippen molar-refractivity contribution in [2.24, 2.45) is 0 Å². The summed E-state index contributed by atoms with van der Waals surface area (Å²) in [5, 5.41) is 0.231. The predicted molar refractivity (Wildman–Crippen MR) is 76.3 cm³/mol. The molecule has 108 valence electrons. The van der Waals surface area contributed by atoms with Crippen molar-refractivity contribution in [1.82, 2.24) is 4.31 Å². The first-order valence-electron chi connectivity index (χ1n) is 6.09. The molecule has 1 rings (SSSR count). The summed E-state index contributed by atoms with van der Waals surface area (Å²) in [6.45, 7) is 2.75. The number of sulfonamides is 1. The Morgan fingerprint density at radius 1 is 1.28 bits per heavy atom. The normalized spacial score (nSPS) is 21.3. The van der Waals surface area contributed by atoms with E-state index >= 15 is 0 Å².